The van der Waals surface area contributed by atoms with Gasteiger partial charge in [-0.25, -0.2) is 4.39 Å². The lowest BCUT2D eigenvalue weighted by molar-refractivity contribution is 0.0706. The highest BCUT2D eigenvalue weighted by Gasteiger charge is 2.26. The van der Waals surface area contributed by atoms with Gasteiger partial charge < -0.3 is 4.90 Å². The number of likely N-dealkylation sites (tertiary alicyclic amines) is 1. The van der Waals surface area contributed by atoms with Gasteiger partial charge in [-0.3, -0.25) is 14.9 Å². The van der Waals surface area contributed by atoms with E-state index >= 15 is 0 Å². The smallest absolute Gasteiger partial charge is 0.253 e. The Morgan fingerprint density at radius 3 is 2.73 bits per heavy atom. The number of pyridine rings is 1. The van der Waals surface area contributed by atoms with Crippen molar-refractivity contribution in [1.82, 2.24) is 20.1 Å². The molecule has 0 saturated carbocycles. The van der Waals surface area contributed by atoms with Gasteiger partial charge in [0.2, 0.25) is 0 Å². The number of piperidine rings is 1. The number of benzene rings is 1. The highest BCUT2D eigenvalue weighted by atomic mass is 19.1. The Labute approximate surface area is 150 Å². The fourth-order valence-electron chi connectivity index (χ4n) is 3.46. The standard InChI is InChI=1S/C20H19FN4O/c21-17-4-1-10-22-19(17)14-5-7-15(8-6-14)20(26)25-12-2-3-16(13-25)18-9-11-23-24-18/h1,4-11,16H,2-3,12-13H2,(H,23,24)/t16-/m0/s1. The van der Waals surface area contributed by atoms with Crippen molar-refractivity contribution in [1.29, 1.82) is 0 Å². The lowest BCUT2D eigenvalue weighted by Gasteiger charge is -2.32. The number of amides is 1. The number of nitrogens with one attached hydrogen (secondary N) is 1. The summed E-state index contributed by atoms with van der Waals surface area (Å²) in [5, 5.41) is 7.01. The maximum atomic E-state index is 13.9. The molecule has 1 atom stereocenters. The van der Waals surface area contributed by atoms with Crippen LogP contribution in [-0.2, 0) is 0 Å². The number of carbonyl (C=O) groups excluding carboxylic acids is 1. The molecule has 3 aromatic rings. The van der Waals surface area contributed by atoms with Gasteiger partial charge in [0, 0.05) is 48.2 Å². The van der Waals surface area contributed by atoms with Crippen molar-refractivity contribution in [2.75, 3.05) is 13.1 Å². The van der Waals surface area contributed by atoms with E-state index in [0.717, 1.165) is 25.1 Å². The van der Waals surface area contributed by atoms with E-state index in [-0.39, 0.29) is 17.6 Å². The van der Waals surface area contributed by atoms with Gasteiger partial charge in [-0.15, -0.1) is 0 Å². The van der Waals surface area contributed by atoms with Gasteiger partial charge in [0.1, 0.15) is 11.5 Å². The molecule has 1 amide bonds. The van der Waals surface area contributed by atoms with Crippen LogP contribution in [0.1, 0.15) is 34.8 Å². The third kappa shape index (κ3) is 3.22. The first kappa shape index (κ1) is 16.4. The Morgan fingerprint density at radius 1 is 1.15 bits per heavy atom. The molecule has 3 heterocycles. The molecule has 1 saturated heterocycles. The molecular weight excluding hydrogens is 331 g/mol. The summed E-state index contributed by atoms with van der Waals surface area (Å²) in [4.78, 5) is 18.8. The van der Waals surface area contributed by atoms with Crippen molar-refractivity contribution in [2.24, 2.45) is 0 Å². The lowest BCUT2D eigenvalue weighted by atomic mass is 9.94. The number of aromatic amines is 1. The molecule has 2 aromatic heterocycles. The van der Waals surface area contributed by atoms with E-state index in [1.807, 2.05) is 11.0 Å². The Kier molecular flexibility index (Phi) is 4.48. The number of rotatable bonds is 3. The van der Waals surface area contributed by atoms with E-state index in [0.29, 0.717) is 23.4 Å². The van der Waals surface area contributed by atoms with Crippen molar-refractivity contribution in [3.63, 3.8) is 0 Å². The fraction of sp³-hybridized carbons (Fsp3) is 0.250. The van der Waals surface area contributed by atoms with Gasteiger partial charge in [-0.2, -0.15) is 5.10 Å². The zero-order valence-electron chi connectivity index (χ0n) is 14.2. The van der Waals surface area contributed by atoms with Crippen LogP contribution < -0.4 is 0 Å². The van der Waals surface area contributed by atoms with Crippen LogP contribution in [0.25, 0.3) is 11.3 Å². The molecule has 4 rings (SSSR count). The van der Waals surface area contributed by atoms with Crippen molar-refractivity contribution in [3.05, 3.63) is 71.9 Å². The average Bonchev–Trinajstić information content (AvgIpc) is 3.23. The molecule has 5 nitrogen and oxygen atoms in total. The molecule has 0 bridgehead atoms. The largest absolute Gasteiger partial charge is 0.338 e. The molecule has 0 spiro atoms. The summed E-state index contributed by atoms with van der Waals surface area (Å²) in [6.07, 6.45) is 5.31. The molecule has 1 aliphatic rings. The predicted molar refractivity (Wildman–Crippen MR) is 96.1 cm³/mol. The minimum atomic E-state index is -0.370. The first-order valence-electron chi connectivity index (χ1n) is 8.72. The third-order valence-corrected chi connectivity index (χ3v) is 4.83. The minimum absolute atomic E-state index is 0.00209. The number of H-pyrrole nitrogens is 1. The summed E-state index contributed by atoms with van der Waals surface area (Å²) in [5.74, 6) is -0.0793. The molecule has 1 fully saturated rings. The molecule has 0 aliphatic carbocycles. The summed E-state index contributed by atoms with van der Waals surface area (Å²) >= 11 is 0. The second-order valence-corrected chi connectivity index (χ2v) is 6.51. The van der Waals surface area contributed by atoms with Gasteiger partial charge in [-0.1, -0.05) is 12.1 Å². The first-order valence-corrected chi connectivity index (χ1v) is 8.72. The number of aromatic nitrogens is 3. The van der Waals surface area contributed by atoms with Crippen LogP contribution in [0.4, 0.5) is 4.39 Å². The number of nitrogens with zero attached hydrogens (tertiary/aromatic N) is 3. The van der Waals surface area contributed by atoms with Crippen LogP contribution in [0.2, 0.25) is 0 Å². The number of carbonyl (C=O) groups is 1. The van der Waals surface area contributed by atoms with Crippen LogP contribution in [-0.4, -0.2) is 39.1 Å². The Morgan fingerprint density at radius 2 is 2.00 bits per heavy atom. The van der Waals surface area contributed by atoms with Gasteiger partial charge in [0.05, 0.1) is 0 Å². The van der Waals surface area contributed by atoms with Crippen molar-refractivity contribution < 1.29 is 9.18 Å². The van der Waals surface area contributed by atoms with Crippen LogP contribution in [0.3, 0.4) is 0 Å². The fourth-order valence-corrected chi connectivity index (χ4v) is 3.46. The number of hydrogen-bond acceptors (Lipinski definition) is 3. The number of hydrogen-bond donors (Lipinski definition) is 1. The van der Waals surface area contributed by atoms with E-state index in [4.69, 9.17) is 0 Å². The predicted octanol–water partition coefficient (Wildman–Crippen LogP) is 3.63. The highest BCUT2D eigenvalue weighted by Crippen LogP contribution is 2.27. The molecule has 0 unspecified atom stereocenters. The molecule has 1 N–H and O–H groups in total. The summed E-state index contributed by atoms with van der Waals surface area (Å²) in [6.45, 7) is 1.43. The summed E-state index contributed by atoms with van der Waals surface area (Å²) < 4.78 is 13.9. The average molecular weight is 350 g/mol. The van der Waals surface area contributed by atoms with E-state index < -0.39 is 0 Å². The zero-order chi connectivity index (χ0) is 17.9. The van der Waals surface area contributed by atoms with Crippen LogP contribution >= 0.6 is 0 Å². The summed E-state index contributed by atoms with van der Waals surface area (Å²) in [7, 11) is 0. The molecular formula is C20H19FN4O. The quantitative estimate of drug-likeness (QED) is 0.785. The zero-order valence-corrected chi connectivity index (χ0v) is 14.2. The highest BCUT2D eigenvalue weighted by molar-refractivity contribution is 5.94. The molecule has 26 heavy (non-hydrogen) atoms. The molecule has 1 aliphatic heterocycles. The summed E-state index contributed by atoms with van der Waals surface area (Å²) in [5.41, 5.74) is 2.64. The van der Waals surface area contributed by atoms with E-state index in [2.05, 4.69) is 15.2 Å². The first-order chi connectivity index (χ1) is 12.7. The molecule has 1 aromatic carbocycles. The monoisotopic (exact) mass is 350 g/mol. The molecule has 0 radical (unpaired) electrons. The second kappa shape index (κ2) is 7.07. The lowest BCUT2D eigenvalue weighted by Crippen LogP contribution is -2.39. The van der Waals surface area contributed by atoms with Crippen molar-refractivity contribution in [2.45, 2.75) is 18.8 Å². The molecule has 132 valence electrons. The van der Waals surface area contributed by atoms with Gasteiger partial charge >= 0.3 is 0 Å². The van der Waals surface area contributed by atoms with E-state index in [1.54, 1.807) is 42.7 Å². The van der Waals surface area contributed by atoms with Gasteiger partial charge in [-0.05, 0) is 43.2 Å². The number of halogens is 1. The van der Waals surface area contributed by atoms with Crippen molar-refractivity contribution >= 4 is 5.91 Å². The van der Waals surface area contributed by atoms with Gasteiger partial charge in [0.15, 0.2) is 0 Å². The van der Waals surface area contributed by atoms with Crippen LogP contribution in [0.5, 0.6) is 0 Å². The Balaban J connectivity index is 1.50. The Bertz CT molecular complexity index is 892. The van der Waals surface area contributed by atoms with Gasteiger partial charge in [0.25, 0.3) is 5.91 Å². The third-order valence-electron chi connectivity index (χ3n) is 4.83. The maximum Gasteiger partial charge on any atom is 0.253 e. The topological polar surface area (TPSA) is 61.9 Å². The molecule has 6 heteroatoms. The summed E-state index contributed by atoms with van der Waals surface area (Å²) in [6, 6.07) is 11.9. The van der Waals surface area contributed by atoms with Crippen LogP contribution in [0, 0.1) is 5.82 Å². The SMILES string of the molecule is O=C(c1ccc(-c2ncccc2F)cc1)N1CCC[C@H](c2ccn[nH]2)C1. The second-order valence-electron chi connectivity index (χ2n) is 6.51. The van der Waals surface area contributed by atoms with Crippen LogP contribution in [0.15, 0.2) is 54.9 Å². The minimum Gasteiger partial charge on any atom is -0.338 e. The normalized spacial score (nSPS) is 17.3. The van der Waals surface area contributed by atoms with E-state index in [9.17, 15) is 9.18 Å². The Hall–Kier alpha value is -3.02. The van der Waals surface area contributed by atoms with Crippen molar-refractivity contribution in [3.8, 4) is 11.3 Å². The van der Waals surface area contributed by atoms with E-state index in [1.165, 1.54) is 6.07 Å². The maximum absolute atomic E-state index is 13.9.